The minimum atomic E-state index is -3.43. The second-order valence-corrected chi connectivity index (χ2v) is 6.22. The van der Waals surface area contributed by atoms with Crippen molar-refractivity contribution >= 4 is 21.6 Å². The summed E-state index contributed by atoms with van der Waals surface area (Å²) < 4.78 is 25.9. The SMILES string of the molecule is CCN(CC)S(=O)(=O)c1ccc(CNC)c(Cl)c1. The van der Waals surface area contributed by atoms with Crippen LogP contribution in [0, 0.1) is 0 Å². The van der Waals surface area contributed by atoms with Crippen molar-refractivity contribution in [2.45, 2.75) is 25.3 Å². The first-order chi connectivity index (χ1) is 8.47. The lowest BCUT2D eigenvalue weighted by atomic mass is 10.2. The molecule has 0 radical (unpaired) electrons. The molecule has 0 spiro atoms. The number of benzene rings is 1. The smallest absolute Gasteiger partial charge is 0.243 e. The molecule has 1 aromatic carbocycles. The maximum atomic E-state index is 12.3. The molecule has 1 rings (SSSR count). The Morgan fingerprint density at radius 1 is 1.28 bits per heavy atom. The number of nitrogens with one attached hydrogen (secondary N) is 1. The maximum absolute atomic E-state index is 12.3. The Hall–Kier alpha value is -0.620. The molecule has 0 aliphatic carbocycles. The van der Waals surface area contributed by atoms with E-state index in [-0.39, 0.29) is 4.90 Å². The Morgan fingerprint density at radius 2 is 1.89 bits per heavy atom. The van der Waals surface area contributed by atoms with Gasteiger partial charge in [-0.05, 0) is 24.7 Å². The zero-order chi connectivity index (χ0) is 13.8. The first kappa shape index (κ1) is 15.4. The first-order valence-corrected chi connectivity index (χ1v) is 7.72. The molecule has 0 saturated heterocycles. The van der Waals surface area contributed by atoms with Gasteiger partial charge in [-0.3, -0.25) is 0 Å². The molecule has 0 atom stereocenters. The van der Waals surface area contributed by atoms with Crippen molar-refractivity contribution in [1.29, 1.82) is 0 Å². The third-order valence-electron chi connectivity index (χ3n) is 2.73. The van der Waals surface area contributed by atoms with Crippen LogP contribution in [-0.2, 0) is 16.6 Å². The van der Waals surface area contributed by atoms with E-state index in [4.69, 9.17) is 11.6 Å². The summed E-state index contributed by atoms with van der Waals surface area (Å²) >= 11 is 6.08. The van der Waals surface area contributed by atoms with Crippen molar-refractivity contribution in [2.75, 3.05) is 20.1 Å². The van der Waals surface area contributed by atoms with Gasteiger partial charge in [0.05, 0.1) is 4.90 Å². The summed E-state index contributed by atoms with van der Waals surface area (Å²) in [5.74, 6) is 0. The normalized spacial score (nSPS) is 12.1. The molecule has 0 saturated carbocycles. The zero-order valence-corrected chi connectivity index (χ0v) is 12.5. The topological polar surface area (TPSA) is 49.4 Å². The van der Waals surface area contributed by atoms with Gasteiger partial charge < -0.3 is 5.32 Å². The molecule has 0 aliphatic rings. The molecule has 0 heterocycles. The minimum absolute atomic E-state index is 0.246. The van der Waals surface area contributed by atoms with Gasteiger partial charge in [-0.2, -0.15) is 4.31 Å². The van der Waals surface area contributed by atoms with Gasteiger partial charge in [-0.25, -0.2) is 8.42 Å². The van der Waals surface area contributed by atoms with Crippen LogP contribution < -0.4 is 5.32 Å². The highest BCUT2D eigenvalue weighted by atomic mass is 35.5. The number of nitrogens with zero attached hydrogens (tertiary/aromatic N) is 1. The van der Waals surface area contributed by atoms with E-state index in [1.165, 1.54) is 10.4 Å². The van der Waals surface area contributed by atoms with Gasteiger partial charge in [0, 0.05) is 24.7 Å². The molecule has 102 valence electrons. The molecular weight excluding hydrogens is 272 g/mol. The third kappa shape index (κ3) is 3.23. The van der Waals surface area contributed by atoms with Gasteiger partial charge in [0.1, 0.15) is 0 Å². The second-order valence-electron chi connectivity index (χ2n) is 3.87. The number of hydrogen-bond donors (Lipinski definition) is 1. The molecule has 1 N–H and O–H groups in total. The maximum Gasteiger partial charge on any atom is 0.243 e. The minimum Gasteiger partial charge on any atom is -0.316 e. The number of sulfonamides is 1. The van der Waals surface area contributed by atoms with E-state index < -0.39 is 10.0 Å². The van der Waals surface area contributed by atoms with Crippen LogP contribution in [0.5, 0.6) is 0 Å². The lowest BCUT2D eigenvalue weighted by Gasteiger charge is -2.18. The first-order valence-electron chi connectivity index (χ1n) is 5.90. The van der Waals surface area contributed by atoms with Gasteiger partial charge in [0.15, 0.2) is 0 Å². The Labute approximate surface area is 114 Å². The third-order valence-corrected chi connectivity index (χ3v) is 5.13. The van der Waals surface area contributed by atoms with Gasteiger partial charge in [0.2, 0.25) is 10.0 Å². The van der Waals surface area contributed by atoms with Gasteiger partial charge >= 0.3 is 0 Å². The molecule has 1 aromatic rings. The van der Waals surface area contributed by atoms with E-state index >= 15 is 0 Å². The van der Waals surface area contributed by atoms with Crippen molar-refractivity contribution < 1.29 is 8.42 Å². The van der Waals surface area contributed by atoms with Crippen molar-refractivity contribution in [3.8, 4) is 0 Å². The molecular formula is C12H19ClN2O2S. The van der Waals surface area contributed by atoms with Crippen LogP contribution in [0.25, 0.3) is 0 Å². The van der Waals surface area contributed by atoms with E-state index in [1.54, 1.807) is 12.1 Å². The van der Waals surface area contributed by atoms with Crippen LogP contribution in [0.3, 0.4) is 0 Å². The van der Waals surface area contributed by atoms with Crippen LogP contribution in [0.15, 0.2) is 23.1 Å². The lowest BCUT2D eigenvalue weighted by molar-refractivity contribution is 0.445. The Kier molecular flexibility index (Phi) is 5.59. The summed E-state index contributed by atoms with van der Waals surface area (Å²) in [4.78, 5) is 0.246. The van der Waals surface area contributed by atoms with E-state index in [0.717, 1.165) is 5.56 Å². The molecule has 0 unspecified atom stereocenters. The molecule has 0 fully saturated rings. The van der Waals surface area contributed by atoms with Crippen LogP contribution in [-0.4, -0.2) is 32.9 Å². The molecule has 0 aromatic heterocycles. The van der Waals surface area contributed by atoms with E-state index in [2.05, 4.69) is 5.32 Å². The van der Waals surface area contributed by atoms with Crippen LogP contribution in [0.1, 0.15) is 19.4 Å². The predicted octanol–water partition coefficient (Wildman–Crippen LogP) is 2.09. The van der Waals surface area contributed by atoms with Crippen molar-refractivity contribution in [1.82, 2.24) is 9.62 Å². The van der Waals surface area contributed by atoms with E-state index in [1.807, 2.05) is 20.9 Å². The van der Waals surface area contributed by atoms with Crippen molar-refractivity contribution in [2.24, 2.45) is 0 Å². The molecule has 0 aliphatic heterocycles. The molecule has 4 nitrogen and oxygen atoms in total. The fourth-order valence-electron chi connectivity index (χ4n) is 1.73. The van der Waals surface area contributed by atoms with Gasteiger partial charge in [-0.1, -0.05) is 31.5 Å². The number of rotatable bonds is 6. The number of hydrogen-bond acceptors (Lipinski definition) is 3. The highest BCUT2D eigenvalue weighted by Crippen LogP contribution is 2.23. The Bertz CT molecular complexity index is 499. The average Bonchev–Trinajstić information content (AvgIpc) is 2.33. The van der Waals surface area contributed by atoms with Crippen molar-refractivity contribution in [3.05, 3.63) is 28.8 Å². The van der Waals surface area contributed by atoms with Gasteiger partial charge in [0.25, 0.3) is 0 Å². The summed E-state index contributed by atoms with van der Waals surface area (Å²) in [6.45, 7) is 5.16. The van der Waals surface area contributed by atoms with Crippen LogP contribution in [0.4, 0.5) is 0 Å². The van der Waals surface area contributed by atoms with E-state index in [9.17, 15) is 8.42 Å². The summed E-state index contributed by atoms with van der Waals surface area (Å²) in [5, 5.41) is 3.45. The quantitative estimate of drug-likeness (QED) is 0.873. The van der Waals surface area contributed by atoms with Crippen LogP contribution in [0.2, 0.25) is 5.02 Å². The van der Waals surface area contributed by atoms with Crippen molar-refractivity contribution in [3.63, 3.8) is 0 Å². The van der Waals surface area contributed by atoms with Gasteiger partial charge in [-0.15, -0.1) is 0 Å². The number of halogens is 1. The Balaban J connectivity index is 3.15. The zero-order valence-electron chi connectivity index (χ0n) is 10.9. The summed E-state index contributed by atoms with van der Waals surface area (Å²) in [6, 6.07) is 4.86. The standard InChI is InChI=1S/C12H19ClN2O2S/c1-4-15(5-2)18(16,17)11-7-6-10(9-14-3)12(13)8-11/h6-8,14H,4-5,9H2,1-3H3. The average molecular weight is 291 g/mol. The predicted molar refractivity (Wildman–Crippen MR) is 74.3 cm³/mol. The summed E-state index contributed by atoms with van der Waals surface area (Å²) in [5.41, 5.74) is 0.887. The molecule has 6 heteroatoms. The monoisotopic (exact) mass is 290 g/mol. The fraction of sp³-hybridized carbons (Fsp3) is 0.500. The highest BCUT2D eigenvalue weighted by Gasteiger charge is 2.22. The lowest BCUT2D eigenvalue weighted by Crippen LogP contribution is -2.30. The fourth-order valence-corrected chi connectivity index (χ4v) is 3.53. The van der Waals surface area contributed by atoms with Crippen LogP contribution >= 0.6 is 11.6 Å². The largest absolute Gasteiger partial charge is 0.316 e. The summed E-state index contributed by atoms with van der Waals surface area (Å²) in [7, 11) is -1.61. The Morgan fingerprint density at radius 3 is 2.33 bits per heavy atom. The van der Waals surface area contributed by atoms with E-state index in [0.29, 0.717) is 24.7 Å². The molecule has 18 heavy (non-hydrogen) atoms. The highest BCUT2D eigenvalue weighted by molar-refractivity contribution is 7.89. The second kappa shape index (κ2) is 6.52. The molecule has 0 bridgehead atoms. The molecule has 0 amide bonds. The summed E-state index contributed by atoms with van der Waals surface area (Å²) in [6.07, 6.45) is 0.